The van der Waals surface area contributed by atoms with Crippen molar-refractivity contribution < 1.29 is 0 Å². The molecule has 2 heterocycles. The SMILES string of the molecule is Cc1cc2c3c(n1)Cc1c(-c4ccccn4)ccc(c1-3)CC2. The van der Waals surface area contributed by atoms with E-state index in [-0.39, 0.29) is 0 Å². The molecule has 2 aliphatic rings. The standard InChI is InChI=1S/C20H16N2/c1-12-10-14-6-5-13-7-8-15(17-4-2-3-9-21-17)16-11-18(22-12)20(14)19(13)16/h2-4,7-10H,5-6,11H2,1H3. The fourth-order valence-corrected chi connectivity index (χ4v) is 4.04. The highest BCUT2D eigenvalue weighted by molar-refractivity contribution is 5.88. The summed E-state index contributed by atoms with van der Waals surface area (Å²) in [6.07, 6.45) is 5.10. The molecule has 2 aliphatic carbocycles. The van der Waals surface area contributed by atoms with E-state index >= 15 is 0 Å². The number of hydrogen-bond donors (Lipinski definition) is 0. The zero-order valence-corrected chi connectivity index (χ0v) is 12.6. The first-order valence-electron chi connectivity index (χ1n) is 7.87. The van der Waals surface area contributed by atoms with Crippen LogP contribution in [-0.2, 0) is 19.3 Å². The highest BCUT2D eigenvalue weighted by Crippen LogP contribution is 2.47. The van der Waals surface area contributed by atoms with Gasteiger partial charge in [-0.1, -0.05) is 18.2 Å². The number of aromatic nitrogens is 2. The van der Waals surface area contributed by atoms with Crippen LogP contribution in [-0.4, -0.2) is 9.97 Å². The zero-order valence-electron chi connectivity index (χ0n) is 12.6. The van der Waals surface area contributed by atoms with Gasteiger partial charge in [0.15, 0.2) is 0 Å². The van der Waals surface area contributed by atoms with E-state index in [4.69, 9.17) is 4.98 Å². The Hall–Kier alpha value is -2.48. The van der Waals surface area contributed by atoms with Crippen LogP contribution in [0.5, 0.6) is 0 Å². The molecular formula is C20H16N2. The third-order valence-electron chi connectivity index (χ3n) is 4.90. The van der Waals surface area contributed by atoms with Crippen molar-refractivity contribution in [1.82, 2.24) is 9.97 Å². The maximum absolute atomic E-state index is 4.82. The van der Waals surface area contributed by atoms with Crippen LogP contribution in [0.2, 0.25) is 0 Å². The number of benzene rings is 1. The fourth-order valence-electron chi connectivity index (χ4n) is 4.04. The highest BCUT2D eigenvalue weighted by atomic mass is 14.7. The Labute approximate surface area is 129 Å². The highest BCUT2D eigenvalue weighted by Gasteiger charge is 2.30. The van der Waals surface area contributed by atoms with Crippen LogP contribution in [0.3, 0.4) is 0 Å². The second-order valence-electron chi connectivity index (χ2n) is 6.26. The van der Waals surface area contributed by atoms with Gasteiger partial charge >= 0.3 is 0 Å². The minimum Gasteiger partial charge on any atom is -0.257 e. The Balaban J connectivity index is 1.82. The van der Waals surface area contributed by atoms with Gasteiger partial charge in [0, 0.05) is 29.4 Å². The third kappa shape index (κ3) is 1.55. The monoisotopic (exact) mass is 284 g/mol. The van der Waals surface area contributed by atoms with Crippen molar-refractivity contribution in [1.29, 1.82) is 0 Å². The molecule has 3 aromatic rings. The van der Waals surface area contributed by atoms with Crippen molar-refractivity contribution in [2.24, 2.45) is 0 Å². The van der Waals surface area contributed by atoms with Gasteiger partial charge in [0.05, 0.1) is 11.4 Å². The average Bonchev–Trinajstić information content (AvgIpc) is 2.93. The van der Waals surface area contributed by atoms with E-state index in [1.807, 2.05) is 12.3 Å². The van der Waals surface area contributed by atoms with Crippen LogP contribution >= 0.6 is 0 Å². The molecule has 0 saturated carbocycles. The zero-order chi connectivity index (χ0) is 14.7. The lowest BCUT2D eigenvalue weighted by Crippen LogP contribution is -2.05. The molecule has 22 heavy (non-hydrogen) atoms. The minimum atomic E-state index is 0.944. The summed E-state index contributed by atoms with van der Waals surface area (Å²) in [4.78, 5) is 9.38. The molecule has 1 aromatic carbocycles. The summed E-state index contributed by atoms with van der Waals surface area (Å²) >= 11 is 0. The van der Waals surface area contributed by atoms with Gasteiger partial charge in [0.2, 0.25) is 0 Å². The van der Waals surface area contributed by atoms with Crippen molar-refractivity contribution in [3.05, 3.63) is 70.7 Å². The van der Waals surface area contributed by atoms with Gasteiger partial charge in [-0.2, -0.15) is 0 Å². The maximum atomic E-state index is 4.82. The topological polar surface area (TPSA) is 25.8 Å². The lowest BCUT2D eigenvalue weighted by Gasteiger charge is -2.20. The molecule has 0 radical (unpaired) electrons. The number of nitrogens with zero attached hydrogens (tertiary/aromatic N) is 2. The summed E-state index contributed by atoms with van der Waals surface area (Å²) in [6, 6.07) is 12.9. The van der Waals surface area contributed by atoms with Crippen molar-refractivity contribution in [3.63, 3.8) is 0 Å². The Morgan fingerprint density at radius 1 is 0.955 bits per heavy atom. The Morgan fingerprint density at radius 3 is 2.73 bits per heavy atom. The van der Waals surface area contributed by atoms with Gasteiger partial charge in [-0.15, -0.1) is 0 Å². The molecule has 2 nitrogen and oxygen atoms in total. The van der Waals surface area contributed by atoms with Gasteiger partial charge in [-0.25, -0.2) is 0 Å². The number of hydrogen-bond acceptors (Lipinski definition) is 2. The van der Waals surface area contributed by atoms with Gasteiger partial charge in [0.1, 0.15) is 0 Å². The van der Waals surface area contributed by atoms with Gasteiger partial charge in [-0.3, -0.25) is 9.97 Å². The van der Waals surface area contributed by atoms with E-state index in [0.29, 0.717) is 0 Å². The first kappa shape index (κ1) is 12.1. The molecule has 0 bridgehead atoms. The lowest BCUT2D eigenvalue weighted by molar-refractivity contribution is 0.930. The number of pyridine rings is 2. The molecule has 5 rings (SSSR count). The van der Waals surface area contributed by atoms with Crippen LogP contribution in [0.4, 0.5) is 0 Å². The Morgan fingerprint density at radius 2 is 1.86 bits per heavy atom. The lowest BCUT2D eigenvalue weighted by atomic mass is 9.85. The minimum absolute atomic E-state index is 0.944. The molecule has 0 aliphatic heterocycles. The van der Waals surface area contributed by atoms with Crippen LogP contribution in [0, 0.1) is 6.92 Å². The van der Waals surface area contributed by atoms with Crippen molar-refractivity contribution in [2.45, 2.75) is 26.2 Å². The summed E-state index contributed by atoms with van der Waals surface area (Å²) < 4.78 is 0. The van der Waals surface area contributed by atoms with Gasteiger partial charge < -0.3 is 0 Å². The van der Waals surface area contributed by atoms with Crippen molar-refractivity contribution >= 4 is 0 Å². The number of aryl methyl sites for hydroxylation is 3. The average molecular weight is 284 g/mol. The van der Waals surface area contributed by atoms with E-state index < -0.39 is 0 Å². The van der Waals surface area contributed by atoms with E-state index in [1.54, 1.807) is 0 Å². The Kier molecular flexibility index (Phi) is 2.34. The summed E-state index contributed by atoms with van der Waals surface area (Å²) in [7, 11) is 0. The van der Waals surface area contributed by atoms with Crippen LogP contribution in [0.25, 0.3) is 22.4 Å². The summed E-state index contributed by atoms with van der Waals surface area (Å²) in [5, 5.41) is 0. The van der Waals surface area contributed by atoms with Crippen LogP contribution in [0.15, 0.2) is 42.6 Å². The second kappa shape index (κ2) is 4.26. The first-order chi connectivity index (χ1) is 10.8. The quantitative estimate of drug-likeness (QED) is 0.525. The molecule has 0 unspecified atom stereocenters. The summed E-state index contributed by atoms with van der Waals surface area (Å²) in [5.41, 5.74) is 12.0. The second-order valence-corrected chi connectivity index (χ2v) is 6.26. The smallest absolute Gasteiger partial charge is 0.0705 e. The normalized spacial score (nSPS) is 14.0. The first-order valence-corrected chi connectivity index (χ1v) is 7.87. The van der Waals surface area contributed by atoms with E-state index in [9.17, 15) is 0 Å². The fraction of sp³-hybridized carbons (Fsp3) is 0.200. The molecule has 0 N–H and O–H groups in total. The molecule has 2 aromatic heterocycles. The molecular weight excluding hydrogens is 268 g/mol. The predicted molar refractivity (Wildman–Crippen MR) is 87.9 cm³/mol. The summed E-state index contributed by atoms with van der Waals surface area (Å²) in [5.74, 6) is 0. The van der Waals surface area contributed by atoms with E-state index in [1.165, 1.54) is 39.1 Å². The molecule has 0 saturated heterocycles. The molecule has 0 spiro atoms. The van der Waals surface area contributed by atoms with Crippen molar-refractivity contribution in [2.75, 3.05) is 0 Å². The molecule has 106 valence electrons. The van der Waals surface area contributed by atoms with Crippen molar-refractivity contribution in [3.8, 4) is 22.4 Å². The molecule has 0 atom stereocenters. The third-order valence-corrected chi connectivity index (χ3v) is 4.90. The van der Waals surface area contributed by atoms with E-state index in [0.717, 1.165) is 30.7 Å². The number of rotatable bonds is 1. The van der Waals surface area contributed by atoms with Gasteiger partial charge in [-0.05, 0) is 60.2 Å². The van der Waals surface area contributed by atoms with E-state index in [2.05, 4.69) is 42.2 Å². The van der Waals surface area contributed by atoms with Crippen LogP contribution < -0.4 is 0 Å². The molecule has 0 fully saturated rings. The van der Waals surface area contributed by atoms with Crippen LogP contribution in [0.1, 0.15) is 28.1 Å². The molecule has 2 heteroatoms. The maximum Gasteiger partial charge on any atom is 0.0705 e. The largest absolute Gasteiger partial charge is 0.257 e. The predicted octanol–water partition coefficient (Wildman–Crippen LogP) is 4.12. The summed E-state index contributed by atoms with van der Waals surface area (Å²) in [6.45, 7) is 2.11. The Bertz CT molecular complexity index is 911. The van der Waals surface area contributed by atoms with Gasteiger partial charge in [0.25, 0.3) is 0 Å². The molecule has 0 amide bonds.